The molecule has 0 N–H and O–H groups in total. The van der Waals surface area contributed by atoms with Crippen molar-refractivity contribution in [2.45, 2.75) is 24.4 Å². The molecule has 18 heavy (non-hydrogen) atoms. The summed E-state index contributed by atoms with van der Waals surface area (Å²) < 4.78 is 23.0. The zero-order valence-corrected chi connectivity index (χ0v) is 9.98. The monoisotopic (exact) mass is 248 g/mol. The second-order valence-electron chi connectivity index (χ2n) is 5.84. The van der Waals surface area contributed by atoms with Crippen LogP contribution in [0.4, 0.5) is 0 Å². The third-order valence-corrected chi connectivity index (χ3v) is 5.24. The molecule has 1 saturated carbocycles. The molecule has 2 bridgehead atoms. The van der Waals surface area contributed by atoms with Crippen LogP contribution in [0.15, 0.2) is 24.3 Å². The molecule has 6 rings (SSSR count). The van der Waals surface area contributed by atoms with Gasteiger partial charge in [-0.2, -0.15) is 0 Å². The molecule has 0 amide bonds. The van der Waals surface area contributed by atoms with E-state index >= 15 is 0 Å². The molecular formula is C14H16O4. The molecule has 96 valence electrons. The molecule has 4 nitrogen and oxygen atoms in total. The molecule has 0 aromatic heterocycles. The van der Waals surface area contributed by atoms with Gasteiger partial charge in [-0.15, -0.1) is 0 Å². The van der Waals surface area contributed by atoms with Gasteiger partial charge in [-0.05, 0) is 5.92 Å². The smallest absolute Gasteiger partial charge is 0.148 e. The molecule has 4 aliphatic carbocycles. The summed E-state index contributed by atoms with van der Waals surface area (Å²) in [4.78, 5) is 0. The molecule has 2 aliphatic heterocycles. The van der Waals surface area contributed by atoms with E-state index in [1.807, 2.05) is 0 Å². The predicted octanol–water partition coefficient (Wildman–Crippen LogP) is 1.09. The number of hydrogen-bond donors (Lipinski definition) is 0. The number of hydrogen-bond acceptors (Lipinski definition) is 4. The maximum absolute atomic E-state index is 5.82. The molecule has 0 unspecified atom stereocenters. The van der Waals surface area contributed by atoms with Crippen molar-refractivity contribution in [3.63, 3.8) is 0 Å². The first-order valence-corrected chi connectivity index (χ1v) is 6.76. The third kappa shape index (κ3) is 1.11. The summed E-state index contributed by atoms with van der Waals surface area (Å²) in [6, 6.07) is 0. The van der Waals surface area contributed by atoms with E-state index in [9.17, 15) is 0 Å². The van der Waals surface area contributed by atoms with Crippen molar-refractivity contribution >= 4 is 0 Å². The fraction of sp³-hybridized carbons (Fsp3) is 0.714. The van der Waals surface area contributed by atoms with Crippen molar-refractivity contribution in [3.8, 4) is 0 Å². The van der Waals surface area contributed by atoms with E-state index in [0.717, 1.165) is 0 Å². The molecular weight excluding hydrogens is 232 g/mol. The second-order valence-corrected chi connectivity index (χ2v) is 5.84. The molecule has 3 fully saturated rings. The van der Waals surface area contributed by atoms with E-state index < -0.39 is 0 Å². The average Bonchev–Trinajstić information content (AvgIpc) is 3.08. The molecule has 0 aromatic rings. The Morgan fingerprint density at radius 1 is 0.611 bits per heavy atom. The van der Waals surface area contributed by atoms with Crippen molar-refractivity contribution in [2.24, 2.45) is 23.7 Å². The summed E-state index contributed by atoms with van der Waals surface area (Å²) in [6.45, 7) is 0.869. The Labute approximate surface area is 106 Å². The minimum atomic E-state index is 0.139. The Balaban J connectivity index is 1.60. The summed E-state index contributed by atoms with van der Waals surface area (Å²) in [6.07, 6.45) is 9.93. The topological polar surface area (TPSA) is 36.9 Å². The van der Waals surface area contributed by atoms with Crippen LogP contribution in [0.3, 0.4) is 0 Å². The van der Waals surface area contributed by atoms with Gasteiger partial charge in [0.05, 0.1) is 18.3 Å². The van der Waals surface area contributed by atoms with Gasteiger partial charge in [-0.3, -0.25) is 0 Å². The van der Waals surface area contributed by atoms with Crippen molar-refractivity contribution in [1.29, 1.82) is 0 Å². The lowest BCUT2D eigenvalue weighted by Crippen LogP contribution is -2.58. The first kappa shape index (κ1) is 10.1. The van der Waals surface area contributed by atoms with Crippen molar-refractivity contribution in [3.05, 3.63) is 24.3 Å². The second kappa shape index (κ2) is 3.45. The van der Waals surface area contributed by atoms with Gasteiger partial charge in [0.15, 0.2) is 0 Å². The molecule has 6 aliphatic rings. The first-order chi connectivity index (χ1) is 8.93. The van der Waals surface area contributed by atoms with Crippen LogP contribution in [0, 0.1) is 23.7 Å². The summed E-state index contributed by atoms with van der Waals surface area (Å²) in [5, 5.41) is 0. The molecule has 2 heterocycles. The molecule has 0 radical (unpaired) electrons. The Bertz CT molecular complexity index is 432. The minimum Gasteiger partial charge on any atom is -0.349 e. The van der Waals surface area contributed by atoms with Crippen molar-refractivity contribution < 1.29 is 18.9 Å². The normalized spacial score (nSPS) is 59.6. The standard InChI is InChI=1S/C14H16O4/c1-2-9-11-7(3-4-10-14(11)18-5-15-10)8(1)12-13(9)17-6-16-12/h1-4,7-14H,5-6H2/t7-,8+,9-,10+,11-,12+,13-,14+/m1/s1. The molecule has 8 atom stereocenters. The predicted molar refractivity (Wildman–Crippen MR) is 61.5 cm³/mol. The van der Waals surface area contributed by atoms with Gasteiger partial charge in [0.25, 0.3) is 0 Å². The van der Waals surface area contributed by atoms with Gasteiger partial charge < -0.3 is 18.9 Å². The van der Waals surface area contributed by atoms with Gasteiger partial charge in [0.1, 0.15) is 19.7 Å². The Kier molecular flexibility index (Phi) is 1.95. The van der Waals surface area contributed by atoms with E-state index in [-0.39, 0.29) is 24.4 Å². The van der Waals surface area contributed by atoms with Crippen LogP contribution >= 0.6 is 0 Å². The van der Waals surface area contributed by atoms with Crippen LogP contribution in [-0.2, 0) is 18.9 Å². The van der Waals surface area contributed by atoms with E-state index in [2.05, 4.69) is 24.3 Å². The van der Waals surface area contributed by atoms with Crippen LogP contribution < -0.4 is 0 Å². The summed E-state index contributed by atoms with van der Waals surface area (Å²) in [5.41, 5.74) is 0. The third-order valence-electron chi connectivity index (χ3n) is 5.24. The lowest BCUT2D eigenvalue weighted by molar-refractivity contribution is -0.0793. The highest BCUT2D eigenvalue weighted by atomic mass is 16.7. The maximum Gasteiger partial charge on any atom is 0.148 e. The highest BCUT2D eigenvalue weighted by Gasteiger charge is 2.59. The van der Waals surface area contributed by atoms with Gasteiger partial charge in [-0.1, -0.05) is 24.3 Å². The number of rotatable bonds is 0. The van der Waals surface area contributed by atoms with E-state index in [1.54, 1.807) is 0 Å². The number of allylic oxidation sites excluding steroid dienone is 1. The highest BCUT2D eigenvalue weighted by Crippen LogP contribution is 2.54. The van der Waals surface area contributed by atoms with E-state index in [0.29, 0.717) is 37.3 Å². The molecule has 0 aromatic carbocycles. The lowest BCUT2D eigenvalue weighted by atomic mass is 9.56. The van der Waals surface area contributed by atoms with Gasteiger partial charge in [0.2, 0.25) is 0 Å². The largest absolute Gasteiger partial charge is 0.349 e. The van der Waals surface area contributed by atoms with Crippen LogP contribution in [0.1, 0.15) is 0 Å². The Hall–Kier alpha value is -0.680. The fourth-order valence-corrected chi connectivity index (χ4v) is 4.54. The Morgan fingerprint density at radius 3 is 2.22 bits per heavy atom. The number of fused-ring (bicyclic) bond motifs is 1. The van der Waals surface area contributed by atoms with Crippen LogP contribution in [0.2, 0.25) is 0 Å². The summed E-state index contributed by atoms with van der Waals surface area (Å²) >= 11 is 0. The lowest BCUT2D eigenvalue weighted by Gasteiger charge is -2.52. The molecule has 2 saturated heterocycles. The summed E-state index contributed by atoms with van der Waals surface area (Å²) in [7, 11) is 0. The van der Waals surface area contributed by atoms with Gasteiger partial charge in [0, 0.05) is 17.8 Å². The van der Waals surface area contributed by atoms with E-state index in [1.165, 1.54) is 0 Å². The molecule has 4 heteroatoms. The SMILES string of the molecule is C1=C[C@@H]2OCO[C@@H]2[C@@H]2[C@H]1[C@@H]1C=C[C@H]2[C@H]2OCO[C@@H]12. The first-order valence-electron chi connectivity index (χ1n) is 6.76. The van der Waals surface area contributed by atoms with Crippen LogP contribution in [0.5, 0.6) is 0 Å². The maximum atomic E-state index is 5.82. The average molecular weight is 248 g/mol. The van der Waals surface area contributed by atoms with Crippen molar-refractivity contribution in [1.82, 2.24) is 0 Å². The van der Waals surface area contributed by atoms with Gasteiger partial charge >= 0.3 is 0 Å². The zero-order chi connectivity index (χ0) is 11.7. The number of ether oxygens (including phenoxy) is 4. The van der Waals surface area contributed by atoms with Gasteiger partial charge in [-0.25, -0.2) is 0 Å². The highest BCUT2D eigenvalue weighted by molar-refractivity contribution is 5.26. The summed E-state index contributed by atoms with van der Waals surface area (Å²) in [5.74, 6) is 1.85. The zero-order valence-electron chi connectivity index (χ0n) is 9.98. The quantitative estimate of drug-likeness (QED) is 0.601. The van der Waals surface area contributed by atoms with Crippen LogP contribution in [0.25, 0.3) is 0 Å². The molecule has 0 spiro atoms. The van der Waals surface area contributed by atoms with E-state index in [4.69, 9.17) is 18.9 Å². The minimum absolute atomic E-state index is 0.139. The Morgan fingerprint density at radius 2 is 1.28 bits per heavy atom. The van der Waals surface area contributed by atoms with Crippen LogP contribution in [-0.4, -0.2) is 38.0 Å². The fourth-order valence-electron chi connectivity index (χ4n) is 4.54. The van der Waals surface area contributed by atoms with Crippen molar-refractivity contribution in [2.75, 3.05) is 13.6 Å².